The van der Waals surface area contributed by atoms with E-state index in [1.54, 1.807) is 13.1 Å². The molecule has 94 valence electrons. The molecule has 1 N–H and O–H groups in total. The summed E-state index contributed by atoms with van der Waals surface area (Å²) >= 11 is 0. The Morgan fingerprint density at radius 2 is 2.00 bits per heavy atom. The summed E-state index contributed by atoms with van der Waals surface area (Å²) in [4.78, 5) is 8.26. The van der Waals surface area contributed by atoms with Crippen LogP contribution in [0.3, 0.4) is 0 Å². The molecule has 2 rings (SSSR count). The molecule has 0 radical (unpaired) electrons. The molecule has 1 aromatic carbocycles. The molecule has 18 heavy (non-hydrogen) atoms. The zero-order valence-electron chi connectivity index (χ0n) is 10.8. The Bertz CT molecular complexity index is 568. The average Bonchev–Trinajstić information content (AvgIpc) is 2.35. The van der Waals surface area contributed by atoms with Crippen LogP contribution in [-0.4, -0.2) is 15.1 Å². The molecular weight excluding hydrogens is 228 g/mol. The van der Waals surface area contributed by atoms with E-state index in [0.29, 0.717) is 17.3 Å². The Morgan fingerprint density at radius 1 is 1.22 bits per heavy atom. The third kappa shape index (κ3) is 2.49. The first-order valence-electron chi connectivity index (χ1n) is 5.79. The molecule has 4 nitrogen and oxygen atoms in total. The minimum atomic E-state index is -0.138. The van der Waals surface area contributed by atoms with Crippen LogP contribution in [0, 0.1) is 20.8 Å². The van der Waals surface area contributed by atoms with Crippen LogP contribution < -0.4 is 4.74 Å². The number of hydrogen-bond acceptors (Lipinski definition) is 4. The van der Waals surface area contributed by atoms with Gasteiger partial charge in [-0.25, -0.2) is 4.98 Å². The van der Waals surface area contributed by atoms with Crippen molar-refractivity contribution in [3.63, 3.8) is 0 Å². The first-order chi connectivity index (χ1) is 8.61. The second-order valence-electron chi connectivity index (χ2n) is 4.21. The van der Waals surface area contributed by atoms with Gasteiger partial charge >= 0.3 is 0 Å². The molecule has 2 aromatic rings. The second kappa shape index (κ2) is 5.14. The smallest absolute Gasteiger partial charge is 0.228 e. The standard InChI is InChI=1S/C14H16N2O2/c1-9-5-4-6-13(10(9)2)18-14-12(8-17)7-15-11(3)16-14/h4-7,17H,8H2,1-3H3. The van der Waals surface area contributed by atoms with Crippen LogP contribution >= 0.6 is 0 Å². The van der Waals surface area contributed by atoms with Crippen LogP contribution in [-0.2, 0) is 6.61 Å². The molecule has 0 spiro atoms. The van der Waals surface area contributed by atoms with Gasteiger partial charge in [0.25, 0.3) is 0 Å². The van der Waals surface area contributed by atoms with Crippen LogP contribution in [0.5, 0.6) is 11.6 Å². The van der Waals surface area contributed by atoms with Gasteiger partial charge in [-0.3, -0.25) is 0 Å². The van der Waals surface area contributed by atoms with Gasteiger partial charge in [0.1, 0.15) is 11.6 Å². The Hall–Kier alpha value is -1.94. The summed E-state index contributed by atoms with van der Waals surface area (Å²) in [5, 5.41) is 9.25. The molecule has 0 saturated carbocycles. The first-order valence-corrected chi connectivity index (χ1v) is 5.79. The van der Waals surface area contributed by atoms with E-state index >= 15 is 0 Å². The van der Waals surface area contributed by atoms with Crippen LogP contribution in [0.15, 0.2) is 24.4 Å². The van der Waals surface area contributed by atoms with Gasteiger partial charge in [0.15, 0.2) is 0 Å². The van der Waals surface area contributed by atoms with Crippen molar-refractivity contribution in [1.29, 1.82) is 0 Å². The average molecular weight is 244 g/mol. The highest BCUT2D eigenvalue weighted by atomic mass is 16.5. The monoisotopic (exact) mass is 244 g/mol. The van der Waals surface area contributed by atoms with Gasteiger partial charge in [-0.15, -0.1) is 0 Å². The van der Waals surface area contributed by atoms with Crippen molar-refractivity contribution in [2.75, 3.05) is 0 Å². The Morgan fingerprint density at radius 3 is 2.72 bits per heavy atom. The molecule has 0 amide bonds. The lowest BCUT2D eigenvalue weighted by molar-refractivity contribution is 0.274. The van der Waals surface area contributed by atoms with Gasteiger partial charge < -0.3 is 9.84 Å². The minimum absolute atomic E-state index is 0.138. The van der Waals surface area contributed by atoms with Crippen molar-refractivity contribution in [3.05, 3.63) is 46.9 Å². The van der Waals surface area contributed by atoms with Crippen LogP contribution in [0.2, 0.25) is 0 Å². The highest BCUT2D eigenvalue weighted by Crippen LogP contribution is 2.27. The van der Waals surface area contributed by atoms with E-state index in [2.05, 4.69) is 9.97 Å². The van der Waals surface area contributed by atoms with E-state index in [1.807, 2.05) is 32.0 Å². The second-order valence-corrected chi connectivity index (χ2v) is 4.21. The number of aryl methyl sites for hydroxylation is 2. The van der Waals surface area contributed by atoms with E-state index in [0.717, 1.165) is 16.9 Å². The first kappa shape index (κ1) is 12.5. The maximum atomic E-state index is 9.25. The van der Waals surface area contributed by atoms with Crippen LogP contribution in [0.4, 0.5) is 0 Å². The fourth-order valence-corrected chi connectivity index (χ4v) is 1.61. The molecule has 1 heterocycles. The summed E-state index contributed by atoms with van der Waals surface area (Å²) in [7, 11) is 0. The molecule has 1 aromatic heterocycles. The topological polar surface area (TPSA) is 55.2 Å². The molecule has 0 fully saturated rings. The number of aromatic nitrogens is 2. The van der Waals surface area contributed by atoms with Gasteiger partial charge in [0.05, 0.1) is 12.2 Å². The lowest BCUT2D eigenvalue weighted by Gasteiger charge is -2.12. The number of benzene rings is 1. The van der Waals surface area contributed by atoms with E-state index < -0.39 is 0 Å². The number of aliphatic hydroxyl groups excluding tert-OH is 1. The molecule has 0 bridgehead atoms. The third-order valence-corrected chi connectivity index (χ3v) is 2.88. The summed E-state index contributed by atoms with van der Waals surface area (Å²) in [6.07, 6.45) is 1.59. The molecule has 0 aliphatic rings. The Labute approximate surface area is 106 Å². The van der Waals surface area contributed by atoms with E-state index in [9.17, 15) is 5.11 Å². The lowest BCUT2D eigenvalue weighted by atomic mass is 10.1. The van der Waals surface area contributed by atoms with Gasteiger partial charge in [-0.2, -0.15) is 4.98 Å². The largest absolute Gasteiger partial charge is 0.438 e. The number of aliphatic hydroxyl groups is 1. The Kier molecular flexibility index (Phi) is 3.58. The fraction of sp³-hybridized carbons (Fsp3) is 0.286. The summed E-state index contributed by atoms with van der Waals surface area (Å²) < 4.78 is 5.78. The molecule has 0 aliphatic carbocycles. The van der Waals surface area contributed by atoms with E-state index in [4.69, 9.17) is 4.74 Å². The number of hydrogen-bond donors (Lipinski definition) is 1. The zero-order chi connectivity index (χ0) is 13.1. The molecule has 4 heteroatoms. The van der Waals surface area contributed by atoms with Gasteiger partial charge in [0.2, 0.25) is 5.88 Å². The van der Waals surface area contributed by atoms with Crippen molar-refractivity contribution in [2.24, 2.45) is 0 Å². The summed E-state index contributed by atoms with van der Waals surface area (Å²) in [6, 6.07) is 5.85. The summed E-state index contributed by atoms with van der Waals surface area (Å²) in [5.74, 6) is 1.79. The van der Waals surface area contributed by atoms with Crippen LogP contribution in [0.1, 0.15) is 22.5 Å². The highest BCUT2D eigenvalue weighted by molar-refractivity contribution is 5.41. The van der Waals surface area contributed by atoms with Crippen molar-refractivity contribution >= 4 is 0 Å². The van der Waals surface area contributed by atoms with E-state index in [-0.39, 0.29) is 6.61 Å². The quantitative estimate of drug-likeness (QED) is 0.901. The SMILES string of the molecule is Cc1ncc(CO)c(Oc2cccc(C)c2C)n1. The van der Waals surface area contributed by atoms with Crippen molar-refractivity contribution < 1.29 is 9.84 Å². The molecule has 0 aliphatic heterocycles. The molecule has 0 saturated heterocycles. The summed E-state index contributed by atoms with van der Waals surface area (Å²) in [6.45, 7) is 5.68. The third-order valence-electron chi connectivity index (χ3n) is 2.88. The van der Waals surface area contributed by atoms with Crippen molar-refractivity contribution in [1.82, 2.24) is 9.97 Å². The van der Waals surface area contributed by atoms with Crippen molar-refractivity contribution in [3.8, 4) is 11.6 Å². The number of rotatable bonds is 3. The van der Waals surface area contributed by atoms with Crippen molar-refractivity contribution in [2.45, 2.75) is 27.4 Å². The molecule has 0 atom stereocenters. The highest BCUT2D eigenvalue weighted by Gasteiger charge is 2.09. The Balaban J connectivity index is 2.39. The number of ether oxygens (including phenoxy) is 1. The summed E-state index contributed by atoms with van der Waals surface area (Å²) in [5.41, 5.74) is 2.81. The fourth-order valence-electron chi connectivity index (χ4n) is 1.61. The minimum Gasteiger partial charge on any atom is -0.438 e. The normalized spacial score (nSPS) is 10.4. The lowest BCUT2D eigenvalue weighted by Crippen LogP contribution is -2.00. The zero-order valence-corrected chi connectivity index (χ0v) is 10.8. The van der Waals surface area contributed by atoms with E-state index in [1.165, 1.54) is 0 Å². The van der Waals surface area contributed by atoms with Gasteiger partial charge in [-0.05, 0) is 38.0 Å². The van der Waals surface area contributed by atoms with Gasteiger partial charge in [-0.1, -0.05) is 12.1 Å². The maximum absolute atomic E-state index is 9.25. The van der Waals surface area contributed by atoms with Gasteiger partial charge in [0, 0.05) is 6.20 Å². The molecule has 0 unspecified atom stereocenters. The van der Waals surface area contributed by atoms with Crippen LogP contribution in [0.25, 0.3) is 0 Å². The number of nitrogens with zero attached hydrogens (tertiary/aromatic N) is 2. The predicted octanol–water partition coefficient (Wildman–Crippen LogP) is 2.69. The predicted molar refractivity (Wildman–Crippen MR) is 68.7 cm³/mol. The maximum Gasteiger partial charge on any atom is 0.228 e. The molecular formula is C14H16N2O2.